The molecule has 2 aliphatic rings. The standard InChI is InChI=1S/C17H21F3N2O5S2/c18-17(19,20)14-2-1-3-15(11-14)29(26,27)22-7-5-21(6-8-22)16(23)10-13-4-9-28(24,25)12-13/h1-3,11,13H,4-10,12H2. The molecule has 1 aromatic rings. The molecule has 1 atom stereocenters. The van der Waals surface area contributed by atoms with Crippen LogP contribution in [-0.4, -0.2) is 69.6 Å². The molecule has 29 heavy (non-hydrogen) atoms. The minimum Gasteiger partial charge on any atom is -0.340 e. The summed E-state index contributed by atoms with van der Waals surface area (Å²) in [6.45, 7) is 0.146. The molecule has 0 aromatic heterocycles. The topological polar surface area (TPSA) is 91.8 Å². The summed E-state index contributed by atoms with van der Waals surface area (Å²) in [5.74, 6) is -0.390. The van der Waals surface area contributed by atoms with Crippen LogP contribution < -0.4 is 0 Å². The number of carbonyl (C=O) groups excluding carboxylic acids is 1. The third kappa shape index (κ3) is 5.10. The minimum atomic E-state index is -4.65. The molecule has 7 nitrogen and oxygen atoms in total. The Balaban J connectivity index is 1.62. The summed E-state index contributed by atoms with van der Waals surface area (Å²) in [7, 11) is -7.20. The van der Waals surface area contributed by atoms with Crippen molar-refractivity contribution in [1.29, 1.82) is 0 Å². The fraction of sp³-hybridized carbons (Fsp3) is 0.588. The highest BCUT2D eigenvalue weighted by atomic mass is 32.2. The van der Waals surface area contributed by atoms with Gasteiger partial charge in [0.1, 0.15) is 0 Å². The molecule has 3 rings (SSSR count). The number of piperazine rings is 1. The SMILES string of the molecule is O=C(CC1CCS(=O)(=O)C1)N1CCN(S(=O)(=O)c2cccc(C(F)(F)F)c2)CC1. The molecule has 1 amide bonds. The number of nitrogens with zero attached hydrogens (tertiary/aromatic N) is 2. The smallest absolute Gasteiger partial charge is 0.340 e. The van der Waals surface area contributed by atoms with E-state index in [1.165, 1.54) is 4.90 Å². The first-order valence-corrected chi connectivity index (χ1v) is 12.3. The molecule has 2 aliphatic heterocycles. The van der Waals surface area contributed by atoms with E-state index in [4.69, 9.17) is 0 Å². The zero-order chi connectivity index (χ0) is 21.4. The van der Waals surface area contributed by atoms with Crippen LogP contribution >= 0.6 is 0 Å². The van der Waals surface area contributed by atoms with Crippen LogP contribution in [-0.2, 0) is 30.8 Å². The number of benzene rings is 1. The van der Waals surface area contributed by atoms with Gasteiger partial charge in [0.15, 0.2) is 9.84 Å². The van der Waals surface area contributed by atoms with Crippen molar-refractivity contribution in [2.24, 2.45) is 5.92 Å². The Morgan fingerprint density at radius 2 is 1.79 bits per heavy atom. The molecule has 0 saturated carbocycles. The van der Waals surface area contributed by atoms with E-state index in [-0.39, 0.29) is 55.9 Å². The van der Waals surface area contributed by atoms with Crippen LogP contribution in [0.15, 0.2) is 29.2 Å². The molecular weight excluding hydrogens is 433 g/mol. The number of alkyl halides is 3. The van der Waals surface area contributed by atoms with Gasteiger partial charge in [-0.15, -0.1) is 0 Å². The van der Waals surface area contributed by atoms with Gasteiger partial charge in [-0.1, -0.05) is 6.07 Å². The fourth-order valence-electron chi connectivity index (χ4n) is 3.57. The molecule has 0 spiro atoms. The van der Waals surface area contributed by atoms with Crippen LogP contribution in [0.4, 0.5) is 13.2 Å². The second-order valence-corrected chi connectivity index (χ2v) is 11.5. The van der Waals surface area contributed by atoms with Gasteiger partial charge in [0.25, 0.3) is 0 Å². The van der Waals surface area contributed by atoms with Crippen molar-refractivity contribution in [3.05, 3.63) is 29.8 Å². The number of sulfonamides is 1. The van der Waals surface area contributed by atoms with Gasteiger partial charge >= 0.3 is 6.18 Å². The van der Waals surface area contributed by atoms with E-state index in [0.717, 1.165) is 22.5 Å². The second kappa shape index (κ2) is 7.88. The number of amides is 1. The third-order valence-electron chi connectivity index (χ3n) is 5.18. The van der Waals surface area contributed by atoms with Gasteiger partial charge in [0.05, 0.1) is 22.0 Å². The third-order valence-corrected chi connectivity index (χ3v) is 8.91. The van der Waals surface area contributed by atoms with Gasteiger partial charge in [-0.25, -0.2) is 16.8 Å². The Morgan fingerprint density at radius 3 is 2.34 bits per heavy atom. The van der Waals surface area contributed by atoms with Crippen LogP contribution in [0.5, 0.6) is 0 Å². The molecule has 1 aromatic carbocycles. The highest BCUT2D eigenvalue weighted by Gasteiger charge is 2.35. The van der Waals surface area contributed by atoms with E-state index in [1.54, 1.807) is 0 Å². The van der Waals surface area contributed by atoms with Crippen molar-refractivity contribution in [3.63, 3.8) is 0 Å². The van der Waals surface area contributed by atoms with Crippen molar-refractivity contribution in [1.82, 2.24) is 9.21 Å². The highest BCUT2D eigenvalue weighted by Crippen LogP contribution is 2.31. The number of carbonyl (C=O) groups is 1. The lowest BCUT2D eigenvalue weighted by atomic mass is 10.0. The van der Waals surface area contributed by atoms with Gasteiger partial charge in [-0.3, -0.25) is 4.79 Å². The average Bonchev–Trinajstić information content (AvgIpc) is 2.99. The van der Waals surface area contributed by atoms with E-state index in [9.17, 15) is 34.8 Å². The van der Waals surface area contributed by atoms with Crippen LogP contribution in [0.3, 0.4) is 0 Å². The summed E-state index contributed by atoms with van der Waals surface area (Å²) < 4.78 is 88.0. The second-order valence-electron chi connectivity index (χ2n) is 7.28. The van der Waals surface area contributed by atoms with Gasteiger partial charge in [-0.05, 0) is 30.5 Å². The van der Waals surface area contributed by atoms with Crippen molar-refractivity contribution >= 4 is 25.8 Å². The lowest BCUT2D eigenvalue weighted by molar-refractivity contribution is -0.137. The van der Waals surface area contributed by atoms with Crippen molar-refractivity contribution in [2.45, 2.75) is 23.9 Å². The maximum atomic E-state index is 12.9. The van der Waals surface area contributed by atoms with Crippen LogP contribution in [0.25, 0.3) is 0 Å². The Bertz CT molecular complexity index is 985. The van der Waals surface area contributed by atoms with Crippen molar-refractivity contribution in [3.8, 4) is 0 Å². The summed E-state index contributed by atoms with van der Waals surface area (Å²) in [6, 6.07) is 3.57. The predicted octanol–water partition coefficient (Wildman–Crippen LogP) is 1.36. The summed E-state index contributed by atoms with van der Waals surface area (Å²) in [6.07, 6.45) is -4.11. The van der Waals surface area contributed by atoms with E-state index in [0.29, 0.717) is 12.5 Å². The molecule has 0 bridgehead atoms. The van der Waals surface area contributed by atoms with E-state index in [1.807, 2.05) is 0 Å². The Kier molecular flexibility index (Phi) is 5.98. The molecule has 2 fully saturated rings. The molecule has 0 aliphatic carbocycles. The molecule has 1 unspecified atom stereocenters. The number of halogens is 3. The first-order valence-electron chi connectivity index (χ1n) is 9.04. The normalized spacial score (nSPS) is 23.3. The van der Waals surface area contributed by atoms with Crippen molar-refractivity contribution < 1.29 is 34.8 Å². The lowest BCUT2D eigenvalue weighted by Crippen LogP contribution is -2.50. The molecule has 0 radical (unpaired) electrons. The van der Waals surface area contributed by atoms with Gasteiger partial charge in [0, 0.05) is 32.6 Å². The molecule has 2 saturated heterocycles. The van der Waals surface area contributed by atoms with Crippen molar-refractivity contribution in [2.75, 3.05) is 37.7 Å². The quantitative estimate of drug-likeness (QED) is 0.685. The van der Waals surface area contributed by atoms with Gasteiger partial charge in [0.2, 0.25) is 15.9 Å². The molecular formula is C17H21F3N2O5S2. The summed E-state index contributed by atoms with van der Waals surface area (Å²) >= 11 is 0. The minimum absolute atomic E-state index is 0.0113. The predicted molar refractivity (Wildman–Crippen MR) is 98.2 cm³/mol. The zero-order valence-electron chi connectivity index (χ0n) is 15.4. The Morgan fingerprint density at radius 1 is 1.14 bits per heavy atom. The monoisotopic (exact) mass is 454 g/mol. The number of sulfone groups is 1. The van der Waals surface area contributed by atoms with E-state index in [2.05, 4.69) is 0 Å². The lowest BCUT2D eigenvalue weighted by Gasteiger charge is -2.34. The number of rotatable bonds is 4. The largest absolute Gasteiger partial charge is 0.416 e. The highest BCUT2D eigenvalue weighted by molar-refractivity contribution is 7.91. The van der Waals surface area contributed by atoms with Crippen LogP contribution in [0, 0.1) is 5.92 Å². The van der Waals surface area contributed by atoms with Crippen LogP contribution in [0.2, 0.25) is 0 Å². The van der Waals surface area contributed by atoms with E-state index < -0.39 is 36.5 Å². The average molecular weight is 454 g/mol. The maximum Gasteiger partial charge on any atom is 0.416 e. The Hall–Kier alpha value is -1.66. The van der Waals surface area contributed by atoms with Gasteiger partial charge in [-0.2, -0.15) is 17.5 Å². The molecule has 0 N–H and O–H groups in total. The number of hydrogen-bond donors (Lipinski definition) is 0. The van der Waals surface area contributed by atoms with E-state index >= 15 is 0 Å². The van der Waals surface area contributed by atoms with Gasteiger partial charge < -0.3 is 4.90 Å². The zero-order valence-corrected chi connectivity index (χ0v) is 17.1. The Labute approximate surface area is 167 Å². The summed E-state index contributed by atoms with van der Waals surface area (Å²) in [5.41, 5.74) is -1.04. The fourth-order valence-corrected chi connectivity index (χ4v) is 6.90. The van der Waals surface area contributed by atoms with Crippen LogP contribution in [0.1, 0.15) is 18.4 Å². The summed E-state index contributed by atoms with van der Waals surface area (Å²) in [4.78, 5) is 13.4. The molecule has 2 heterocycles. The molecule has 162 valence electrons. The summed E-state index contributed by atoms with van der Waals surface area (Å²) in [5, 5.41) is 0. The maximum absolute atomic E-state index is 12.9. The number of hydrogen-bond acceptors (Lipinski definition) is 5. The molecule has 12 heteroatoms. The first-order chi connectivity index (χ1) is 13.4. The first kappa shape index (κ1) is 22.0.